The van der Waals surface area contributed by atoms with E-state index >= 15 is 0 Å². The Morgan fingerprint density at radius 1 is 1.26 bits per heavy atom. The minimum Gasteiger partial charge on any atom is -0.470 e. The minimum atomic E-state index is -0.402. The number of aliphatic hydroxyl groups is 1. The maximum atomic E-state index is 13.1. The van der Waals surface area contributed by atoms with Crippen LogP contribution in [0.5, 0.6) is 5.88 Å². The molecule has 1 aromatic carbocycles. The second-order valence-electron chi connectivity index (χ2n) is 6.04. The van der Waals surface area contributed by atoms with Crippen molar-refractivity contribution in [2.75, 3.05) is 0 Å². The van der Waals surface area contributed by atoms with Gasteiger partial charge in [-0.1, -0.05) is 5.16 Å². The molecule has 0 bridgehead atoms. The van der Waals surface area contributed by atoms with E-state index in [-0.39, 0.29) is 42.5 Å². The Kier molecular flexibility index (Phi) is 5.51. The number of hydrogen-bond acceptors (Lipinski definition) is 7. The molecule has 0 saturated carbocycles. The largest absolute Gasteiger partial charge is 0.470 e. The van der Waals surface area contributed by atoms with Gasteiger partial charge >= 0.3 is 0 Å². The fraction of sp³-hybridized carbons (Fsp3) is 0.278. The first-order chi connectivity index (χ1) is 13.0. The molecule has 0 unspecified atom stereocenters. The van der Waals surface area contributed by atoms with Crippen molar-refractivity contribution in [2.24, 2.45) is 0 Å². The molecule has 0 atom stereocenters. The minimum absolute atomic E-state index is 0.0187. The summed E-state index contributed by atoms with van der Waals surface area (Å²) >= 11 is 0. The van der Waals surface area contributed by atoms with Crippen LogP contribution in [0.1, 0.15) is 35.7 Å². The van der Waals surface area contributed by atoms with Crippen molar-refractivity contribution in [3.63, 3.8) is 0 Å². The standard InChI is InChI=1S/C18H18FN3O5/c1-10(2)20-18(24)14-7-16(21-26-14)25-9-13-15(8-23)27-22-17(13)11-3-5-12(19)6-4-11/h3-7,10,23H,8-9H2,1-2H3,(H,20,24). The van der Waals surface area contributed by atoms with Crippen molar-refractivity contribution in [3.8, 4) is 17.1 Å². The molecule has 0 aliphatic carbocycles. The van der Waals surface area contributed by atoms with E-state index in [0.29, 0.717) is 16.8 Å². The van der Waals surface area contributed by atoms with Gasteiger partial charge in [0.1, 0.15) is 24.7 Å². The second kappa shape index (κ2) is 8.00. The molecule has 3 aromatic rings. The van der Waals surface area contributed by atoms with Gasteiger partial charge < -0.3 is 24.2 Å². The van der Waals surface area contributed by atoms with Crippen molar-refractivity contribution in [2.45, 2.75) is 33.1 Å². The molecule has 3 rings (SSSR count). The highest BCUT2D eigenvalue weighted by atomic mass is 19.1. The van der Waals surface area contributed by atoms with Gasteiger partial charge in [-0.3, -0.25) is 4.79 Å². The number of amides is 1. The number of benzene rings is 1. The summed E-state index contributed by atoms with van der Waals surface area (Å²) in [5, 5.41) is 19.7. The Morgan fingerprint density at radius 3 is 2.67 bits per heavy atom. The predicted octanol–water partition coefficient (Wildman–Crippen LogP) is 2.68. The summed E-state index contributed by atoms with van der Waals surface area (Å²) in [7, 11) is 0. The lowest BCUT2D eigenvalue weighted by Crippen LogP contribution is -2.29. The third kappa shape index (κ3) is 4.32. The number of aromatic nitrogens is 2. The molecule has 8 nitrogen and oxygen atoms in total. The molecule has 0 aliphatic heterocycles. The average molecular weight is 375 g/mol. The number of hydrogen-bond donors (Lipinski definition) is 2. The Bertz CT molecular complexity index is 917. The molecular formula is C18H18FN3O5. The SMILES string of the molecule is CC(C)NC(=O)c1cc(OCc2c(-c3ccc(F)cc3)noc2CO)no1. The maximum Gasteiger partial charge on any atom is 0.290 e. The van der Waals surface area contributed by atoms with E-state index in [1.54, 1.807) is 12.1 Å². The zero-order chi connectivity index (χ0) is 19.4. The van der Waals surface area contributed by atoms with Gasteiger partial charge in [-0.05, 0) is 43.3 Å². The molecule has 2 heterocycles. The average Bonchev–Trinajstić information content (AvgIpc) is 3.26. The first-order valence-corrected chi connectivity index (χ1v) is 8.22. The Labute approximate surface area is 153 Å². The fourth-order valence-corrected chi connectivity index (χ4v) is 2.36. The van der Waals surface area contributed by atoms with Gasteiger partial charge in [0.15, 0.2) is 5.76 Å². The highest BCUT2D eigenvalue weighted by Gasteiger charge is 2.20. The third-order valence-corrected chi connectivity index (χ3v) is 3.63. The van der Waals surface area contributed by atoms with Crippen LogP contribution in [0.15, 0.2) is 39.4 Å². The zero-order valence-electron chi connectivity index (χ0n) is 14.7. The van der Waals surface area contributed by atoms with Crippen LogP contribution >= 0.6 is 0 Å². The van der Waals surface area contributed by atoms with Crippen LogP contribution < -0.4 is 10.1 Å². The molecule has 0 saturated heterocycles. The number of ether oxygens (including phenoxy) is 1. The van der Waals surface area contributed by atoms with Crippen LogP contribution in [0.2, 0.25) is 0 Å². The number of carbonyl (C=O) groups excluding carboxylic acids is 1. The van der Waals surface area contributed by atoms with Gasteiger partial charge in [-0.2, -0.15) is 0 Å². The highest BCUT2D eigenvalue weighted by Crippen LogP contribution is 2.27. The summed E-state index contributed by atoms with van der Waals surface area (Å²) in [6.45, 7) is 3.23. The van der Waals surface area contributed by atoms with Crippen LogP contribution in [0.25, 0.3) is 11.3 Å². The van der Waals surface area contributed by atoms with Gasteiger partial charge in [0.05, 0.1) is 11.6 Å². The number of halogens is 1. The molecule has 142 valence electrons. The number of carbonyl (C=O) groups is 1. The Balaban J connectivity index is 1.76. The molecule has 9 heteroatoms. The maximum absolute atomic E-state index is 13.1. The van der Waals surface area contributed by atoms with Gasteiger partial charge in [0.25, 0.3) is 11.8 Å². The number of nitrogens with zero attached hydrogens (tertiary/aromatic N) is 2. The van der Waals surface area contributed by atoms with Gasteiger partial charge in [0.2, 0.25) is 5.76 Å². The molecule has 1 amide bonds. The zero-order valence-corrected chi connectivity index (χ0v) is 14.7. The van der Waals surface area contributed by atoms with E-state index in [9.17, 15) is 14.3 Å². The lowest BCUT2D eigenvalue weighted by molar-refractivity contribution is 0.0905. The van der Waals surface area contributed by atoms with E-state index in [1.165, 1.54) is 18.2 Å². The first-order valence-electron chi connectivity index (χ1n) is 8.22. The van der Waals surface area contributed by atoms with Gasteiger partial charge in [-0.15, -0.1) is 0 Å². The Hall–Kier alpha value is -3.20. The molecular weight excluding hydrogens is 357 g/mol. The van der Waals surface area contributed by atoms with E-state index in [1.807, 2.05) is 13.8 Å². The summed E-state index contributed by atoms with van der Waals surface area (Å²) < 4.78 is 28.8. The second-order valence-corrected chi connectivity index (χ2v) is 6.04. The van der Waals surface area contributed by atoms with Crippen LogP contribution in [0.3, 0.4) is 0 Å². The fourth-order valence-electron chi connectivity index (χ4n) is 2.36. The number of rotatable bonds is 7. The van der Waals surface area contributed by atoms with Crippen molar-refractivity contribution in [1.82, 2.24) is 15.6 Å². The van der Waals surface area contributed by atoms with Crippen LogP contribution in [-0.2, 0) is 13.2 Å². The topological polar surface area (TPSA) is 111 Å². The monoisotopic (exact) mass is 375 g/mol. The molecule has 27 heavy (non-hydrogen) atoms. The predicted molar refractivity (Wildman–Crippen MR) is 91.3 cm³/mol. The lowest BCUT2D eigenvalue weighted by Gasteiger charge is -2.05. The third-order valence-electron chi connectivity index (χ3n) is 3.63. The van der Waals surface area contributed by atoms with E-state index in [0.717, 1.165) is 0 Å². The normalized spacial score (nSPS) is 11.0. The molecule has 2 aromatic heterocycles. The lowest BCUT2D eigenvalue weighted by atomic mass is 10.1. The summed E-state index contributed by atoms with van der Waals surface area (Å²) in [6, 6.07) is 7.00. The molecule has 0 radical (unpaired) electrons. The summed E-state index contributed by atoms with van der Waals surface area (Å²) in [5.41, 5.74) is 1.51. The first kappa shape index (κ1) is 18.6. The van der Waals surface area contributed by atoms with Crippen LogP contribution in [-0.4, -0.2) is 27.4 Å². The van der Waals surface area contributed by atoms with Crippen molar-refractivity contribution >= 4 is 5.91 Å². The van der Waals surface area contributed by atoms with Crippen LogP contribution in [0.4, 0.5) is 4.39 Å². The summed E-state index contributed by atoms with van der Waals surface area (Å²) in [4.78, 5) is 11.9. The number of nitrogens with one attached hydrogen (secondary N) is 1. The molecule has 0 fully saturated rings. The van der Waals surface area contributed by atoms with Crippen molar-refractivity contribution < 1.29 is 28.1 Å². The van der Waals surface area contributed by atoms with Crippen molar-refractivity contribution in [1.29, 1.82) is 0 Å². The summed E-state index contributed by atoms with van der Waals surface area (Å²) in [6.07, 6.45) is 0. The van der Waals surface area contributed by atoms with Crippen molar-refractivity contribution in [3.05, 3.63) is 53.2 Å². The summed E-state index contributed by atoms with van der Waals surface area (Å²) in [5.74, 6) is -0.447. The van der Waals surface area contributed by atoms with E-state index < -0.39 is 5.91 Å². The highest BCUT2D eigenvalue weighted by molar-refractivity contribution is 5.91. The van der Waals surface area contributed by atoms with Gasteiger partial charge in [-0.25, -0.2) is 4.39 Å². The molecule has 0 spiro atoms. The quantitative estimate of drug-likeness (QED) is 0.653. The van der Waals surface area contributed by atoms with E-state index in [4.69, 9.17) is 13.8 Å². The molecule has 0 aliphatic rings. The van der Waals surface area contributed by atoms with Gasteiger partial charge in [0, 0.05) is 11.6 Å². The molecule has 2 N–H and O–H groups in total. The Morgan fingerprint density at radius 2 is 2.00 bits per heavy atom. The smallest absolute Gasteiger partial charge is 0.290 e. The number of aliphatic hydroxyl groups excluding tert-OH is 1. The van der Waals surface area contributed by atoms with E-state index in [2.05, 4.69) is 15.6 Å². The van der Waals surface area contributed by atoms with Crippen LogP contribution in [0, 0.1) is 5.82 Å².